The number of nitrogens with zero attached hydrogens (tertiary/aromatic N) is 3. The van der Waals surface area contributed by atoms with Gasteiger partial charge in [-0.2, -0.15) is 0 Å². The number of nitrogens with one attached hydrogen (secondary N) is 3. The van der Waals surface area contributed by atoms with Crippen LogP contribution >= 0.6 is 11.3 Å². The number of carbonyl (C=O) groups excluding carboxylic acids is 3. The Kier molecular flexibility index (Phi) is 11.6. The summed E-state index contributed by atoms with van der Waals surface area (Å²) in [6, 6.07) is 9.58. The second-order valence-corrected chi connectivity index (χ2v) is 20.5. The van der Waals surface area contributed by atoms with Crippen molar-refractivity contribution >= 4 is 55.7 Å². The van der Waals surface area contributed by atoms with E-state index in [0.29, 0.717) is 70.9 Å². The molecule has 3 amide bonds. The number of aromatic nitrogens is 2. The lowest BCUT2D eigenvalue weighted by Gasteiger charge is -2.30. The first-order valence-corrected chi connectivity index (χ1v) is 23.5. The summed E-state index contributed by atoms with van der Waals surface area (Å²) in [5, 5.41) is 9.64. The van der Waals surface area contributed by atoms with Gasteiger partial charge in [0.1, 0.15) is 51.7 Å². The average Bonchev–Trinajstić information content (AvgIpc) is 3.99. The lowest BCUT2D eigenvalue weighted by Crippen LogP contribution is -2.58. The summed E-state index contributed by atoms with van der Waals surface area (Å²) in [4.78, 5) is 55.0. The Bertz CT molecular complexity index is 2510. The van der Waals surface area contributed by atoms with Gasteiger partial charge >= 0.3 is 0 Å². The molecule has 3 fully saturated rings. The fourth-order valence-electron chi connectivity index (χ4n) is 8.38. The summed E-state index contributed by atoms with van der Waals surface area (Å²) >= 11 is 1.48. The second-order valence-electron chi connectivity index (χ2n) is 17.4. The standard InChI is InChI=1S/C45H53FN6O7S2/c1-26(2)35-25-60-41(49-35)34-22-38(32-16-17-37(58-5)27(3)39(32)48-34)59-31-21-36-40(53)50-45(43(55)51-61(56,57)44(4)18-19-44)23-28(45)12-9-7-6-8-10-15-33(42(54)52(36)24-31)47-30-14-11-13-29(46)20-30/h9,11-14,16-17,20,22,25-26,28,31,33,36,47H,6-8,10,15,18-19,21,23-24H2,1-5H3,(H,50,53)(H,51,55)/t28-,31-,33+,36+,45-/m1/s1. The molecule has 0 spiro atoms. The number of amides is 3. The molecular weight excluding hydrogens is 820 g/mol. The van der Waals surface area contributed by atoms with Crippen LogP contribution in [-0.4, -0.2) is 83.1 Å². The SMILES string of the molecule is COc1ccc2c(O[C@@H]3C[C@H]4C(=O)N[C@]5(C(=O)NS(=O)(=O)C6(C)CC6)C[C@H]5C=CCCCCC[C@H](Nc5cccc(F)c5)C(=O)N4C3)cc(-c3nc(C(C)C)cs3)nc2c1C. The van der Waals surface area contributed by atoms with Gasteiger partial charge in [0.15, 0.2) is 0 Å². The topological polar surface area (TPSA) is 169 Å². The predicted octanol–water partition coefficient (Wildman–Crippen LogP) is 7.16. The van der Waals surface area contributed by atoms with Crippen molar-refractivity contribution in [2.75, 3.05) is 19.0 Å². The average molecular weight is 873 g/mol. The summed E-state index contributed by atoms with van der Waals surface area (Å²) < 4.78 is 54.7. The van der Waals surface area contributed by atoms with E-state index in [9.17, 15) is 27.2 Å². The molecule has 0 unspecified atom stereocenters. The summed E-state index contributed by atoms with van der Waals surface area (Å²) in [5.74, 6) is -1.28. The molecule has 2 aromatic carbocycles. The van der Waals surface area contributed by atoms with E-state index in [4.69, 9.17) is 19.4 Å². The van der Waals surface area contributed by atoms with Crippen LogP contribution in [0.4, 0.5) is 10.1 Å². The molecule has 2 aliphatic carbocycles. The van der Waals surface area contributed by atoms with Crippen LogP contribution in [0.25, 0.3) is 21.6 Å². The van der Waals surface area contributed by atoms with Gasteiger partial charge in [-0.05, 0) is 88.6 Å². The number of sulfonamides is 1. The normalized spacial score (nSPS) is 25.2. The zero-order valence-electron chi connectivity index (χ0n) is 35.1. The number of allylic oxidation sites excluding steroid dienone is 1. The lowest BCUT2D eigenvalue weighted by atomic mass is 10.0. The van der Waals surface area contributed by atoms with Gasteiger partial charge in [0.25, 0.3) is 5.91 Å². The highest BCUT2D eigenvalue weighted by atomic mass is 32.2. The molecule has 8 rings (SSSR count). The third kappa shape index (κ3) is 8.57. The Morgan fingerprint density at radius 1 is 1.08 bits per heavy atom. The van der Waals surface area contributed by atoms with Crippen molar-refractivity contribution in [2.24, 2.45) is 5.92 Å². The number of methoxy groups -OCH3 is 1. The van der Waals surface area contributed by atoms with Crippen molar-refractivity contribution in [1.29, 1.82) is 0 Å². The van der Waals surface area contributed by atoms with Gasteiger partial charge in [0.05, 0.1) is 29.6 Å². The largest absolute Gasteiger partial charge is 0.496 e. The Labute approximate surface area is 359 Å². The van der Waals surface area contributed by atoms with Crippen molar-refractivity contribution < 1.29 is 36.7 Å². The number of hydrogen-bond donors (Lipinski definition) is 3. The number of carbonyl (C=O) groups is 3. The number of benzene rings is 2. The van der Waals surface area contributed by atoms with Crippen LogP contribution in [0, 0.1) is 18.7 Å². The number of aryl methyl sites for hydroxylation is 1. The number of hydrogen-bond acceptors (Lipinski definition) is 11. The molecular formula is C45H53FN6O7S2. The van der Waals surface area contributed by atoms with Crippen molar-refractivity contribution in [3.8, 4) is 22.2 Å². The fourth-order valence-corrected chi connectivity index (χ4v) is 10.6. The highest BCUT2D eigenvalue weighted by molar-refractivity contribution is 7.91. The van der Waals surface area contributed by atoms with Crippen LogP contribution in [-0.2, 0) is 24.4 Å². The number of fused-ring (bicyclic) bond motifs is 3. The van der Waals surface area contributed by atoms with Gasteiger partial charge < -0.3 is 25.0 Å². The fraction of sp³-hybridized carbons (Fsp3) is 0.489. The van der Waals surface area contributed by atoms with Crippen molar-refractivity contribution in [2.45, 2.75) is 120 Å². The van der Waals surface area contributed by atoms with Crippen LogP contribution in [0.3, 0.4) is 0 Å². The highest BCUT2D eigenvalue weighted by Crippen LogP contribution is 2.48. The van der Waals surface area contributed by atoms with Gasteiger partial charge in [-0.3, -0.25) is 19.1 Å². The van der Waals surface area contributed by atoms with Crippen molar-refractivity contribution in [1.82, 2.24) is 24.9 Å². The minimum absolute atomic E-state index is 0.0244. The number of thiazole rings is 1. The molecule has 61 heavy (non-hydrogen) atoms. The molecule has 324 valence electrons. The number of ether oxygens (including phenoxy) is 2. The number of rotatable bonds is 10. The summed E-state index contributed by atoms with van der Waals surface area (Å²) in [5.41, 5.74) is 1.92. The maximum Gasteiger partial charge on any atom is 0.259 e. The zero-order chi connectivity index (χ0) is 43.3. The maximum atomic E-state index is 14.9. The van der Waals surface area contributed by atoms with Crippen molar-refractivity contribution in [3.63, 3.8) is 0 Å². The predicted molar refractivity (Wildman–Crippen MR) is 232 cm³/mol. The zero-order valence-corrected chi connectivity index (χ0v) is 36.8. The molecule has 13 nitrogen and oxygen atoms in total. The first-order chi connectivity index (χ1) is 29.1. The second kappa shape index (κ2) is 16.6. The molecule has 4 heterocycles. The highest BCUT2D eigenvalue weighted by Gasteiger charge is 2.63. The van der Waals surface area contributed by atoms with E-state index in [1.54, 1.807) is 26.2 Å². The molecule has 3 N–H and O–H groups in total. The number of pyridine rings is 1. The van der Waals surface area contributed by atoms with E-state index in [1.807, 2.05) is 42.7 Å². The molecule has 0 radical (unpaired) electrons. The molecule has 1 saturated heterocycles. The van der Waals surface area contributed by atoms with E-state index in [1.165, 1.54) is 28.4 Å². The molecule has 0 bridgehead atoms. The molecule has 2 aromatic heterocycles. The third-order valence-corrected chi connectivity index (χ3v) is 15.7. The molecule has 2 saturated carbocycles. The van der Waals surface area contributed by atoms with E-state index in [0.717, 1.165) is 24.1 Å². The van der Waals surface area contributed by atoms with Crippen LogP contribution in [0.5, 0.6) is 11.5 Å². The maximum absolute atomic E-state index is 14.9. The van der Waals surface area contributed by atoms with E-state index < -0.39 is 62.0 Å². The summed E-state index contributed by atoms with van der Waals surface area (Å²) in [6.45, 7) is 7.70. The lowest BCUT2D eigenvalue weighted by molar-refractivity contribution is -0.140. The van der Waals surface area contributed by atoms with Crippen LogP contribution < -0.4 is 24.8 Å². The van der Waals surface area contributed by atoms with E-state index >= 15 is 0 Å². The van der Waals surface area contributed by atoms with Gasteiger partial charge in [-0.25, -0.2) is 22.8 Å². The van der Waals surface area contributed by atoms with Crippen LogP contribution in [0.2, 0.25) is 0 Å². The quantitative estimate of drug-likeness (QED) is 0.139. The van der Waals surface area contributed by atoms with Crippen LogP contribution in [0.15, 0.2) is 60.0 Å². The Morgan fingerprint density at radius 3 is 2.61 bits per heavy atom. The molecule has 4 aromatic rings. The Morgan fingerprint density at radius 2 is 1.89 bits per heavy atom. The molecule has 5 atom stereocenters. The summed E-state index contributed by atoms with van der Waals surface area (Å²) in [7, 11) is -2.40. The van der Waals surface area contributed by atoms with Crippen LogP contribution in [0.1, 0.15) is 95.7 Å². The first-order valence-electron chi connectivity index (χ1n) is 21.1. The van der Waals surface area contributed by atoms with E-state index in [2.05, 4.69) is 29.2 Å². The third-order valence-electron chi connectivity index (χ3n) is 12.6. The van der Waals surface area contributed by atoms with Gasteiger partial charge in [0, 0.05) is 40.4 Å². The number of anilines is 1. The summed E-state index contributed by atoms with van der Waals surface area (Å²) in [6.07, 6.45) is 7.77. The Balaban J connectivity index is 1.15. The molecule has 2 aliphatic heterocycles. The molecule has 16 heteroatoms. The Hall–Kier alpha value is -5.09. The van der Waals surface area contributed by atoms with Gasteiger partial charge in [-0.1, -0.05) is 44.9 Å². The first kappa shape index (κ1) is 42.6. The smallest absolute Gasteiger partial charge is 0.259 e. The molecule has 4 aliphatic rings. The minimum atomic E-state index is -4.00. The van der Waals surface area contributed by atoms with Gasteiger partial charge in [-0.15, -0.1) is 11.3 Å². The minimum Gasteiger partial charge on any atom is -0.496 e. The van der Waals surface area contributed by atoms with E-state index in [-0.39, 0.29) is 31.2 Å². The van der Waals surface area contributed by atoms with Gasteiger partial charge in [0.2, 0.25) is 21.8 Å². The number of halogens is 1. The van der Waals surface area contributed by atoms with Crippen molar-refractivity contribution in [3.05, 3.63) is 77.1 Å². The monoisotopic (exact) mass is 872 g/mol.